The highest BCUT2D eigenvalue weighted by Crippen LogP contribution is 2.17. The summed E-state index contributed by atoms with van der Waals surface area (Å²) in [5.74, 6) is -0.909. The van der Waals surface area contributed by atoms with Gasteiger partial charge in [0.2, 0.25) is 21.8 Å². The molecule has 10 heteroatoms. The van der Waals surface area contributed by atoms with Crippen LogP contribution < -0.4 is 14.9 Å². The number of halogens is 1. The van der Waals surface area contributed by atoms with Crippen LogP contribution in [0.25, 0.3) is 0 Å². The lowest BCUT2D eigenvalue weighted by Crippen LogP contribution is -2.46. The summed E-state index contributed by atoms with van der Waals surface area (Å²) in [5.41, 5.74) is 1.49. The van der Waals surface area contributed by atoms with Crippen molar-refractivity contribution in [2.45, 2.75) is 30.8 Å². The summed E-state index contributed by atoms with van der Waals surface area (Å²) in [6.07, 6.45) is 1.82. The van der Waals surface area contributed by atoms with Crippen LogP contribution in [-0.4, -0.2) is 52.6 Å². The number of rotatable bonds is 9. The van der Waals surface area contributed by atoms with Crippen molar-refractivity contribution in [2.75, 3.05) is 31.1 Å². The molecule has 0 unspecified atom stereocenters. The molecule has 0 aliphatic carbocycles. The van der Waals surface area contributed by atoms with E-state index in [1.165, 1.54) is 29.2 Å². The Kier molecular flexibility index (Phi) is 8.25. The lowest BCUT2D eigenvalue weighted by molar-refractivity contribution is -0.123. The standard InChI is InChI=1S/C22H26ClN3O5S/c1-16-4-8-18(9-5-16)26(15-21(27)24-13-19-3-2-12-31-19)22(28)14-25-32(29,30)20-10-6-17(23)7-11-20/h4-11,19,25H,2-3,12-15H2,1H3,(H,24,27)/t19-/m1/s1. The number of hydrogen-bond donors (Lipinski definition) is 2. The Labute approximate surface area is 192 Å². The molecule has 2 aromatic carbocycles. The number of aryl methyl sites for hydroxylation is 1. The van der Waals surface area contributed by atoms with E-state index in [1.54, 1.807) is 12.1 Å². The summed E-state index contributed by atoms with van der Waals surface area (Å²) in [4.78, 5) is 26.7. The van der Waals surface area contributed by atoms with Crippen LogP contribution in [0.15, 0.2) is 53.4 Å². The molecule has 0 saturated carbocycles. The number of ether oxygens (including phenoxy) is 1. The molecular weight excluding hydrogens is 454 g/mol. The lowest BCUT2D eigenvalue weighted by atomic mass is 10.2. The number of amides is 2. The second-order valence-corrected chi connectivity index (χ2v) is 9.74. The van der Waals surface area contributed by atoms with E-state index in [1.807, 2.05) is 19.1 Å². The van der Waals surface area contributed by atoms with Crippen LogP contribution in [0.1, 0.15) is 18.4 Å². The first kappa shape index (κ1) is 24.2. The molecule has 1 atom stereocenters. The molecule has 2 N–H and O–H groups in total. The van der Waals surface area contributed by atoms with Crippen LogP contribution in [0.3, 0.4) is 0 Å². The maximum absolute atomic E-state index is 12.9. The van der Waals surface area contributed by atoms with E-state index in [0.717, 1.165) is 18.4 Å². The van der Waals surface area contributed by atoms with Gasteiger partial charge in [0.25, 0.3) is 0 Å². The molecule has 2 aromatic rings. The summed E-state index contributed by atoms with van der Waals surface area (Å²) in [7, 11) is -3.92. The summed E-state index contributed by atoms with van der Waals surface area (Å²) >= 11 is 5.80. The predicted molar refractivity (Wildman–Crippen MR) is 122 cm³/mol. The van der Waals surface area contributed by atoms with E-state index in [2.05, 4.69) is 10.0 Å². The highest BCUT2D eigenvalue weighted by molar-refractivity contribution is 7.89. The minimum atomic E-state index is -3.92. The van der Waals surface area contributed by atoms with Gasteiger partial charge in [-0.2, -0.15) is 0 Å². The zero-order chi connectivity index (χ0) is 23.1. The van der Waals surface area contributed by atoms with E-state index < -0.39 is 22.5 Å². The molecular formula is C22H26ClN3O5S. The Balaban J connectivity index is 1.67. The number of hydrogen-bond acceptors (Lipinski definition) is 5. The first-order valence-electron chi connectivity index (χ1n) is 10.3. The summed E-state index contributed by atoms with van der Waals surface area (Å²) in [6, 6.07) is 12.7. The second kappa shape index (κ2) is 10.9. The molecule has 1 aliphatic rings. The molecule has 172 valence electrons. The van der Waals surface area contributed by atoms with Crippen molar-refractivity contribution in [1.82, 2.24) is 10.0 Å². The third-order valence-corrected chi connectivity index (χ3v) is 6.71. The fourth-order valence-electron chi connectivity index (χ4n) is 3.23. The number of sulfonamides is 1. The van der Waals surface area contributed by atoms with E-state index in [4.69, 9.17) is 16.3 Å². The first-order chi connectivity index (χ1) is 15.2. The molecule has 1 fully saturated rings. The molecule has 0 aromatic heterocycles. The summed E-state index contributed by atoms with van der Waals surface area (Å²) in [6.45, 7) is 2.22. The maximum Gasteiger partial charge on any atom is 0.242 e. The van der Waals surface area contributed by atoms with Gasteiger partial charge in [-0.25, -0.2) is 13.1 Å². The van der Waals surface area contributed by atoms with Crippen LogP contribution in [0.4, 0.5) is 5.69 Å². The predicted octanol–water partition coefficient (Wildman–Crippen LogP) is 2.26. The smallest absolute Gasteiger partial charge is 0.242 e. The summed E-state index contributed by atoms with van der Waals surface area (Å²) in [5, 5.41) is 3.19. The van der Waals surface area contributed by atoms with Crippen LogP contribution in [0, 0.1) is 6.92 Å². The maximum atomic E-state index is 12.9. The molecule has 8 nitrogen and oxygen atoms in total. The van der Waals surface area contributed by atoms with Crippen LogP contribution >= 0.6 is 11.6 Å². The quantitative estimate of drug-likeness (QED) is 0.574. The van der Waals surface area contributed by atoms with Crippen molar-refractivity contribution in [2.24, 2.45) is 0 Å². The van der Waals surface area contributed by atoms with Crippen molar-refractivity contribution >= 4 is 39.1 Å². The third kappa shape index (κ3) is 6.77. The average molecular weight is 480 g/mol. The van der Waals surface area contributed by atoms with Crippen molar-refractivity contribution in [1.29, 1.82) is 0 Å². The van der Waals surface area contributed by atoms with Gasteiger partial charge in [0.15, 0.2) is 0 Å². The SMILES string of the molecule is Cc1ccc(N(CC(=O)NC[C@H]2CCCO2)C(=O)CNS(=O)(=O)c2ccc(Cl)cc2)cc1. The first-order valence-corrected chi connectivity index (χ1v) is 12.1. The van der Waals surface area contributed by atoms with Gasteiger partial charge < -0.3 is 15.0 Å². The number of nitrogens with zero attached hydrogens (tertiary/aromatic N) is 1. The van der Waals surface area contributed by atoms with Crippen molar-refractivity contribution < 1.29 is 22.7 Å². The molecule has 0 spiro atoms. The van der Waals surface area contributed by atoms with Crippen LogP contribution in [-0.2, 0) is 24.3 Å². The van der Waals surface area contributed by atoms with Crippen molar-refractivity contribution in [3.8, 4) is 0 Å². The topological polar surface area (TPSA) is 105 Å². The minimum absolute atomic E-state index is 0.00843. The Morgan fingerprint density at radius 2 is 1.81 bits per heavy atom. The Hall–Kier alpha value is -2.46. The van der Waals surface area contributed by atoms with Gasteiger partial charge >= 0.3 is 0 Å². The van der Waals surface area contributed by atoms with Gasteiger partial charge in [0, 0.05) is 23.9 Å². The van der Waals surface area contributed by atoms with Crippen LogP contribution in [0.5, 0.6) is 0 Å². The van der Waals surface area contributed by atoms with E-state index in [-0.39, 0.29) is 23.5 Å². The van der Waals surface area contributed by atoms with Gasteiger partial charge in [-0.3, -0.25) is 9.59 Å². The zero-order valence-corrected chi connectivity index (χ0v) is 19.3. The Morgan fingerprint density at radius 3 is 2.44 bits per heavy atom. The number of nitrogens with one attached hydrogen (secondary N) is 2. The number of benzene rings is 2. The lowest BCUT2D eigenvalue weighted by Gasteiger charge is -2.23. The Bertz CT molecular complexity index is 1040. The largest absolute Gasteiger partial charge is 0.376 e. The van der Waals surface area contributed by atoms with Gasteiger partial charge in [-0.05, 0) is 56.2 Å². The monoisotopic (exact) mass is 479 g/mol. The van der Waals surface area contributed by atoms with Gasteiger partial charge in [-0.15, -0.1) is 0 Å². The fourth-order valence-corrected chi connectivity index (χ4v) is 4.33. The molecule has 1 aliphatic heterocycles. The highest BCUT2D eigenvalue weighted by Gasteiger charge is 2.23. The molecule has 1 heterocycles. The van der Waals surface area contributed by atoms with E-state index >= 15 is 0 Å². The molecule has 0 radical (unpaired) electrons. The highest BCUT2D eigenvalue weighted by atomic mass is 35.5. The van der Waals surface area contributed by atoms with E-state index in [9.17, 15) is 18.0 Å². The van der Waals surface area contributed by atoms with Gasteiger partial charge in [0.05, 0.1) is 17.5 Å². The molecule has 2 amide bonds. The number of anilines is 1. The van der Waals surface area contributed by atoms with Gasteiger partial charge in [0.1, 0.15) is 6.54 Å². The number of carbonyl (C=O) groups excluding carboxylic acids is 2. The minimum Gasteiger partial charge on any atom is -0.376 e. The molecule has 1 saturated heterocycles. The molecule has 3 rings (SSSR count). The van der Waals surface area contributed by atoms with Crippen molar-refractivity contribution in [3.05, 3.63) is 59.1 Å². The fraction of sp³-hybridized carbons (Fsp3) is 0.364. The molecule has 32 heavy (non-hydrogen) atoms. The zero-order valence-electron chi connectivity index (χ0n) is 17.7. The van der Waals surface area contributed by atoms with Crippen molar-refractivity contribution in [3.63, 3.8) is 0 Å². The molecule has 0 bridgehead atoms. The third-order valence-electron chi connectivity index (χ3n) is 5.04. The average Bonchev–Trinajstić information content (AvgIpc) is 3.29. The van der Waals surface area contributed by atoms with Gasteiger partial charge in [-0.1, -0.05) is 29.3 Å². The normalized spacial score (nSPS) is 16.0. The number of carbonyl (C=O) groups is 2. The summed E-state index contributed by atoms with van der Waals surface area (Å²) < 4.78 is 32.8. The Morgan fingerprint density at radius 1 is 1.12 bits per heavy atom. The second-order valence-electron chi connectivity index (χ2n) is 7.53. The van der Waals surface area contributed by atoms with Crippen LogP contribution in [0.2, 0.25) is 5.02 Å². The van der Waals surface area contributed by atoms with E-state index in [0.29, 0.717) is 23.9 Å².